The van der Waals surface area contributed by atoms with E-state index in [1.165, 1.54) is 5.57 Å². The number of hydrogen-bond donors (Lipinski definition) is 3. The quantitative estimate of drug-likeness (QED) is 0.716. The first-order chi connectivity index (χ1) is 11.8. The molecule has 3 saturated carbocycles. The summed E-state index contributed by atoms with van der Waals surface area (Å²) in [5, 5.41) is 31.0. The summed E-state index contributed by atoms with van der Waals surface area (Å²) < 4.78 is 0. The fraction of sp³-hybridized carbons (Fsp3) is 0.857. The molecule has 0 aromatic heterocycles. The summed E-state index contributed by atoms with van der Waals surface area (Å²) in [5.74, 6) is 1.51. The van der Waals surface area contributed by atoms with Crippen LogP contribution in [0.5, 0.6) is 0 Å². The van der Waals surface area contributed by atoms with Crippen molar-refractivity contribution in [3.05, 3.63) is 11.6 Å². The molecule has 4 aliphatic carbocycles. The van der Waals surface area contributed by atoms with E-state index < -0.39 is 6.10 Å². The summed E-state index contributed by atoms with van der Waals surface area (Å²) in [5.41, 5.74) is 1.12. The lowest BCUT2D eigenvalue weighted by Gasteiger charge is -2.60. The first kappa shape index (κ1) is 17.7. The molecule has 0 heterocycles. The molecule has 0 aromatic carbocycles. The monoisotopic (exact) mass is 348 g/mol. The summed E-state index contributed by atoms with van der Waals surface area (Å²) in [6, 6.07) is 0. The predicted molar refractivity (Wildman–Crippen MR) is 94.7 cm³/mol. The second-order valence-corrected chi connectivity index (χ2v) is 9.60. The number of carbonyl (C=O) groups excluding carboxylic acids is 1. The van der Waals surface area contributed by atoms with Crippen molar-refractivity contribution >= 4 is 5.78 Å². The van der Waals surface area contributed by atoms with Gasteiger partial charge in [-0.15, -0.1) is 0 Å². The van der Waals surface area contributed by atoms with Crippen LogP contribution in [0.25, 0.3) is 0 Å². The number of ketones is 1. The lowest BCUT2D eigenvalue weighted by molar-refractivity contribution is -0.143. The summed E-state index contributed by atoms with van der Waals surface area (Å²) in [4.78, 5) is 11.9. The summed E-state index contributed by atoms with van der Waals surface area (Å²) >= 11 is 0. The van der Waals surface area contributed by atoms with E-state index in [4.69, 9.17) is 0 Å². The molecule has 4 aliphatic rings. The Morgan fingerprint density at radius 3 is 2.72 bits per heavy atom. The van der Waals surface area contributed by atoms with Crippen LogP contribution in [0, 0.1) is 34.5 Å². The maximum Gasteiger partial charge on any atom is 0.155 e. The number of fused-ring (bicyclic) bond motifs is 5. The molecule has 4 heteroatoms. The molecule has 0 bridgehead atoms. The van der Waals surface area contributed by atoms with Gasteiger partial charge in [-0.05, 0) is 79.1 Å². The zero-order valence-electron chi connectivity index (χ0n) is 15.4. The molecular weight excluding hydrogens is 316 g/mol. The Balaban J connectivity index is 1.69. The topological polar surface area (TPSA) is 77.8 Å². The van der Waals surface area contributed by atoms with Crippen molar-refractivity contribution in [3.63, 3.8) is 0 Å². The van der Waals surface area contributed by atoms with Crippen molar-refractivity contribution in [1.29, 1.82) is 0 Å². The minimum absolute atomic E-state index is 0.0503. The molecule has 0 aliphatic heterocycles. The minimum atomic E-state index is -0.680. The van der Waals surface area contributed by atoms with Gasteiger partial charge >= 0.3 is 0 Å². The van der Waals surface area contributed by atoms with Crippen LogP contribution in [0.3, 0.4) is 0 Å². The first-order valence-corrected chi connectivity index (χ1v) is 10.0. The van der Waals surface area contributed by atoms with Crippen LogP contribution < -0.4 is 0 Å². The van der Waals surface area contributed by atoms with Gasteiger partial charge in [-0.2, -0.15) is 0 Å². The van der Waals surface area contributed by atoms with Crippen molar-refractivity contribution in [2.75, 3.05) is 6.61 Å². The van der Waals surface area contributed by atoms with Gasteiger partial charge in [-0.3, -0.25) is 4.79 Å². The van der Waals surface area contributed by atoms with Crippen LogP contribution in [0.2, 0.25) is 0 Å². The van der Waals surface area contributed by atoms with Crippen LogP contribution in [0.4, 0.5) is 0 Å². The van der Waals surface area contributed by atoms with Gasteiger partial charge in [0.15, 0.2) is 5.78 Å². The van der Waals surface area contributed by atoms with Gasteiger partial charge in [0.2, 0.25) is 0 Å². The standard InChI is InChI=1S/C21H32O4/c1-20-8-7-13(23)9-12(20)3-4-14-15-5-6-16(18(25)11-22)21(15,2)10-17(24)19(14)20/h9,14-19,22,24-25H,3-8,10-11H2,1-2H3/t14-,15-,16+,17-,18-,19?,20-,21-/m0/s1. The van der Waals surface area contributed by atoms with Crippen LogP contribution in [-0.2, 0) is 4.79 Å². The zero-order chi connectivity index (χ0) is 18.0. The van der Waals surface area contributed by atoms with Crippen LogP contribution in [0.1, 0.15) is 58.8 Å². The van der Waals surface area contributed by atoms with E-state index in [2.05, 4.69) is 13.8 Å². The molecule has 0 spiro atoms. The summed E-state index contributed by atoms with van der Waals surface area (Å²) in [6.07, 6.45) is 7.00. The van der Waals surface area contributed by atoms with Crippen molar-refractivity contribution < 1.29 is 20.1 Å². The predicted octanol–water partition coefficient (Wildman–Crippen LogP) is 2.46. The molecule has 140 valence electrons. The van der Waals surface area contributed by atoms with Crippen LogP contribution >= 0.6 is 0 Å². The maximum atomic E-state index is 11.9. The average Bonchev–Trinajstić information content (AvgIpc) is 2.91. The first-order valence-electron chi connectivity index (χ1n) is 10.0. The highest BCUT2D eigenvalue weighted by molar-refractivity contribution is 5.91. The van der Waals surface area contributed by atoms with Gasteiger partial charge in [-0.25, -0.2) is 0 Å². The maximum absolute atomic E-state index is 11.9. The van der Waals surface area contributed by atoms with E-state index in [1.54, 1.807) is 0 Å². The highest BCUT2D eigenvalue weighted by Crippen LogP contribution is 2.66. The molecule has 4 nitrogen and oxygen atoms in total. The Kier molecular flexibility index (Phi) is 4.17. The van der Waals surface area contributed by atoms with E-state index in [0.29, 0.717) is 24.7 Å². The van der Waals surface area contributed by atoms with E-state index in [9.17, 15) is 20.1 Å². The van der Waals surface area contributed by atoms with Gasteiger partial charge < -0.3 is 15.3 Å². The fourth-order valence-corrected chi connectivity index (χ4v) is 7.49. The summed E-state index contributed by atoms with van der Waals surface area (Å²) in [7, 11) is 0. The second kappa shape index (κ2) is 5.90. The van der Waals surface area contributed by atoms with E-state index in [-0.39, 0.29) is 41.2 Å². The molecule has 4 rings (SSSR count). The Labute approximate surface area is 150 Å². The smallest absolute Gasteiger partial charge is 0.155 e. The van der Waals surface area contributed by atoms with Gasteiger partial charge in [0, 0.05) is 6.42 Å². The number of rotatable bonds is 2. The Morgan fingerprint density at radius 2 is 2.00 bits per heavy atom. The highest BCUT2D eigenvalue weighted by atomic mass is 16.3. The Bertz CT molecular complexity index is 599. The Hall–Kier alpha value is -0.710. The number of aliphatic hydroxyl groups is 3. The molecule has 1 unspecified atom stereocenters. The van der Waals surface area contributed by atoms with Crippen molar-refractivity contribution in [2.24, 2.45) is 34.5 Å². The molecule has 0 aromatic rings. The third kappa shape index (κ3) is 2.40. The van der Waals surface area contributed by atoms with E-state index in [1.807, 2.05) is 6.08 Å². The molecule has 8 atom stereocenters. The number of allylic oxidation sites excluding steroid dienone is 1. The molecule has 0 saturated heterocycles. The average molecular weight is 348 g/mol. The van der Waals surface area contributed by atoms with Gasteiger partial charge in [0.25, 0.3) is 0 Å². The van der Waals surface area contributed by atoms with Crippen molar-refractivity contribution in [3.8, 4) is 0 Å². The molecule has 0 radical (unpaired) electrons. The third-order valence-corrected chi connectivity index (χ3v) is 8.62. The second-order valence-electron chi connectivity index (χ2n) is 9.60. The van der Waals surface area contributed by atoms with Crippen molar-refractivity contribution in [2.45, 2.75) is 71.0 Å². The van der Waals surface area contributed by atoms with Crippen LogP contribution in [0.15, 0.2) is 11.6 Å². The fourth-order valence-electron chi connectivity index (χ4n) is 7.49. The van der Waals surface area contributed by atoms with E-state index >= 15 is 0 Å². The lowest BCUT2D eigenvalue weighted by atomic mass is 9.46. The molecule has 3 N–H and O–H groups in total. The van der Waals surface area contributed by atoms with Crippen molar-refractivity contribution in [1.82, 2.24) is 0 Å². The normalized spacial score (nSPS) is 50.5. The number of carbonyl (C=O) groups is 1. The van der Waals surface area contributed by atoms with Gasteiger partial charge in [-0.1, -0.05) is 19.4 Å². The minimum Gasteiger partial charge on any atom is -0.394 e. The lowest BCUT2D eigenvalue weighted by Crippen LogP contribution is -2.57. The zero-order valence-corrected chi connectivity index (χ0v) is 15.4. The Morgan fingerprint density at radius 1 is 1.24 bits per heavy atom. The SMILES string of the molecule is C[C@]12C[C@H](O)C3[C@@H](CCC4=CC(=O)CC[C@@]43C)[C@@H]1CC[C@@H]2[C@@H](O)CO. The summed E-state index contributed by atoms with van der Waals surface area (Å²) in [6.45, 7) is 4.30. The van der Waals surface area contributed by atoms with E-state index in [0.717, 1.165) is 32.1 Å². The molecular formula is C21H32O4. The number of aliphatic hydroxyl groups excluding tert-OH is 3. The molecule has 0 amide bonds. The molecule has 3 fully saturated rings. The van der Waals surface area contributed by atoms with Gasteiger partial charge in [0.05, 0.1) is 18.8 Å². The number of hydrogen-bond acceptors (Lipinski definition) is 4. The highest BCUT2D eigenvalue weighted by Gasteiger charge is 2.62. The van der Waals surface area contributed by atoms with Gasteiger partial charge in [0.1, 0.15) is 0 Å². The van der Waals surface area contributed by atoms with Crippen LogP contribution in [-0.4, -0.2) is 39.9 Å². The third-order valence-electron chi connectivity index (χ3n) is 8.62. The largest absolute Gasteiger partial charge is 0.394 e. The molecule has 25 heavy (non-hydrogen) atoms.